The van der Waals surface area contributed by atoms with Crippen LogP contribution in [0, 0.1) is 5.82 Å². The third-order valence-electron chi connectivity index (χ3n) is 5.66. The summed E-state index contributed by atoms with van der Waals surface area (Å²) in [5.74, 6) is -0.224. The minimum atomic E-state index is -0.227. The highest BCUT2D eigenvalue weighted by atomic mass is 32.1. The molecule has 31 heavy (non-hydrogen) atoms. The summed E-state index contributed by atoms with van der Waals surface area (Å²) in [7, 11) is 0. The van der Waals surface area contributed by atoms with E-state index in [0.29, 0.717) is 0 Å². The Morgan fingerprint density at radius 1 is 1.06 bits per heavy atom. The van der Waals surface area contributed by atoms with E-state index in [2.05, 4.69) is 25.1 Å². The Labute approximate surface area is 185 Å². The number of halogens is 1. The summed E-state index contributed by atoms with van der Waals surface area (Å²) in [5, 5.41) is 6.00. The minimum Gasteiger partial charge on any atom is -0.369 e. The number of rotatable bonds is 6. The molecule has 2 atom stereocenters. The van der Waals surface area contributed by atoms with Gasteiger partial charge in [-0.1, -0.05) is 0 Å². The van der Waals surface area contributed by atoms with Crippen LogP contribution in [0.4, 0.5) is 10.1 Å². The molecule has 3 aromatic rings. The minimum absolute atomic E-state index is 0.00314. The van der Waals surface area contributed by atoms with Crippen molar-refractivity contribution < 1.29 is 9.18 Å². The molecule has 162 valence electrons. The average molecular weight is 440 g/mol. The van der Waals surface area contributed by atoms with Crippen LogP contribution in [0.15, 0.2) is 54.2 Å². The van der Waals surface area contributed by atoms with Gasteiger partial charge in [0, 0.05) is 55.2 Å². The number of piperazine rings is 1. The van der Waals surface area contributed by atoms with E-state index in [1.54, 1.807) is 35.9 Å². The van der Waals surface area contributed by atoms with Crippen molar-refractivity contribution in [1.29, 1.82) is 0 Å². The Hall–Kier alpha value is -2.84. The summed E-state index contributed by atoms with van der Waals surface area (Å²) in [6.45, 7) is 7.08. The van der Waals surface area contributed by atoms with Gasteiger partial charge in [-0.05, 0) is 50.2 Å². The zero-order valence-electron chi connectivity index (χ0n) is 17.7. The average Bonchev–Trinajstić information content (AvgIpc) is 3.30. The Morgan fingerprint density at radius 3 is 2.42 bits per heavy atom. The van der Waals surface area contributed by atoms with Gasteiger partial charge in [0.25, 0.3) is 0 Å². The molecule has 0 spiro atoms. The number of hydrogen-bond donors (Lipinski definition) is 1. The smallest absolute Gasteiger partial charge is 0.237 e. The van der Waals surface area contributed by atoms with Gasteiger partial charge in [0.2, 0.25) is 5.91 Å². The lowest BCUT2D eigenvalue weighted by Crippen LogP contribution is -2.54. The zero-order valence-corrected chi connectivity index (χ0v) is 18.5. The first-order valence-corrected chi connectivity index (χ1v) is 11.3. The highest BCUT2D eigenvalue weighted by molar-refractivity contribution is 7.10. The molecular weight excluding hydrogens is 413 g/mol. The van der Waals surface area contributed by atoms with Crippen molar-refractivity contribution in [1.82, 2.24) is 20.2 Å². The van der Waals surface area contributed by atoms with Crippen LogP contribution in [0.1, 0.15) is 24.9 Å². The summed E-state index contributed by atoms with van der Waals surface area (Å²) in [6.07, 6.45) is 3.49. The molecule has 0 saturated carbocycles. The number of carbonyl (C=O) groups is 1. The fourth-order valence-electron chi connectivity index (χ4n) is 3.72. The standard InChI is InChI=1S/C23H26FN5OS/c1-16(23-27-21(15-31-23)18-7-9-25-10-8-18)26-22(30)17(2)28-11-13-29(14-12-28)20-5-3-19(24)4-6-20/h3-10,15-17H,11-14H2,1-2H3,(H,26,30). The van der Waals surface area contributed by atoms with Gasteiger partial charge in [0.05, 0.1) is 17.8 Å². The largest absolute Gasteiger partial charge is 0.369 e. The van der Waals surface area contributed by atoms with Crippen LogP contribution in [0.3, 0.4) is 0 Å². The predicted molar refractivity (Wildman–Crippen MR) is 122 cm³/mol. The van der Waals surface area contributed by atoms with E-state index in [0.717, 1.165) is 48.1 Å². The molecule has 4 rings (SSSR count). The van der Waals surface area contributed by atoms with Crippen molar-refractivity contribution in [3.63, 3.8) is 0 Å². The summed E-state index contributed by atoms with van der Waals surface area (Å²) >= 11 is 1.55. The van der Waals surface area contributed by atoms with Crippen LogP contribution in [-0.4, -0.2) is 53.0 Å². The van der Waals surface area contributed by atoms with Crippen molar-refractivity contribution in [2.24, 2.45) is 0 Å². The third kappa shape index (κ3) is 5.08. The van der Waals surface area contributed by atoms with Crippen LogP contribution < -0.4 is 10.2 Å². The molecule has 1 aromatic carbocycles. The second kappa shape index (κ2) is 9.53. The monoisotopic (exact) mass is 439 g/mol. The van der Waals surface area contributed by atoms with Gasteiger partial charge >= 0.3 is 0 Å². The van der Waals surface area contributed by atoms with Gasteiger partial charge in [-0.3, -0.25) is 14.7 Å². The number of nitrogens with zero attached hydrogens (tertiary/aromatic N) is 4. The van der Waals surface area contributed by atoms with Crippen molar-refractivity contribution in [2.75, 3.05) is 31.1 Å². The number of thiazole rings is 1. The molecule has 1 aliphatic heterocycles. The Morgan fingerprint density at radius 2 is 1.74 bits per heavy atom. The number of aromatic nitrogens is 2. The number of pyridine rings is 1. The number of anilines is 1. The fourth-order valence-corrected chi connectivity index (χ4v) is 4.56. The molecule has 1 amide bonds. The Kier molecular flexibility index (Phi) is 6.58. The zero-order chi connectivity index (χ0) is 21.8. The third-order valence-corrected chi connectivity index (χ3v) is 6.69. The molecule has 6 nitrogen and oxygen atoms in total. The quantitative estimate of drug-likeness (QED) is 0.634. The fraction of sp³-hybridized carbons (Fsp3) is 0.348. The molecule has 2 unspecified atom stereocenters. The lowest BCUT2D eigenvalue weighted by Gasteiger charge is -2.38. The summed E-state index contributed by atoms with van der Waals surface area (Å²) in [4.78, 5) is 26.0. The van der Waals surface area contributed by atoms with Gasteiger partial charge < -0.3 is 10.2 Å². The van der Waals surface area contributed by atoms with Gasteiger partial charge in [0.15, 0.2) is 0 Å². The molecule has 1 fully saturated rings. The molecule has 1 aliphatic rings. The van der Waals surface area contributed by atoms with Crippen LogP contribution in [0.5, 0.6) is 0 Å². The second-order valence-electron chi connectivity index (χ2n) is 7.71. The van der Waals surface area contributed by atoms with Gasteiger partial charge in [-0.2, -0.15) is 0 Å². The van der Waals surface area contributed by atoms with Gasteiger partial charge in [-0.15, -0.1) is 11.3 Å². The number of amides is 1. The topological polar surface area (TPSA) is 61.4 Å². The van der Waals surface area contributed by atoms with E-state index in [1.165, 1.54) is 12.1 Å². The summed E-state index contributed by atoms with van der Waals surface area (Å²) in [6, 6.07) is 10.0. The molecule has 0 bridgehead atoms. The first kappa shape index (κ1) is 21.4. The van der Waals surface area contributed by atoms with Crippen LogP contribution in [-0.2, 0) is 4.79 Å². The van der Waals surface area contributed by atoms with Gasteiger partial charge in [0.1, 0.15) is 10.8 Å². The molecule has 2 aromatic heterocycles. The first-order valence-electron chi connectivity index (χ1n) is 10.4. The van der Waals surface area contributed by atoms with E-state index >= 15 is 0 Å². The van der Waals surface area contributed by atoms with E-state index < -0.39 is 0 Å². The van der Waals surface area contributed by atoms with Gasteiger partial charge in [-0.25, -0.2) is 9.37 Å². The highest BCUT2D eigenvalue weighted by Crippen LogP contribution is 2.25. The molecule has 0 radical (unpaired) electrons. The highest BCUT2D eigenvalue weighted by Gasteiger charge is 2.27. The molecule has 3 heterocycles. The number of nitrogens with one attached hydrogen (secondary N) is 1. The molecule has 8 heteroatoms. The maximum atomic E-state index is 13.1. The molecular formula is C23H26FN5OS. The van der Waals surface area contributed by atoms with Crippen molar-refractivity contribution in [3.8, 4) is 11.3 Å². The Bertz CT molecular complexity index is 1000. The SMILES string of the molecule is CC(NC(=O)C(C)N1CCN(c2ccc(F)cc2)CC1)c1nc(-c2ccncc2)cs1. The number of carbonyl (C=O) groups excluding carboxylic acids is 1. The van der Waals surface area contributed by atoms with E-state index in [1.807, 2.05) is 31.4 Å². The lowest BCUT2D eigenvalue weighted by molar-refractivity contribution is -0.126. The first-order chi connectivity index (χ1) is 15.0. The van der Waals surface area contributed by atoms with Crippen LogP contribution in [0.25, 0.3) is 11.3 Å². The van der Waals surface area contributed by atoms with E-state index in [4.69, 9.17) is 0 Å². The number of hydrogen-bond acceptors (Lipinski definition) is 6. The van der Waals surface area contributed by atoms with Crippen molar-refractivity contribution in [2.45, 2.75) is 25.9 Å². The Balaban J connectivity index is 1.30. The van der Waals surface area contributed by atoms with E-state index in [-0.39, 0.29) is 23.8 Å². The van der Waals surface area contributed by atoms with Crippen LogP contribution in [0.2, 0.25) is 0 Å². The molecule has 1 saturated heterocycles. The van der Waals surface area contributed by atoms with Crippen molar-refractivity contribution in [3.05, 3.63) is 65.0 Å². The molecule has 1 N–H and O–H groups in total. The van der Waals surface area contributed by atoms with E-state index in [9.17, 15) is 9.18 Å². The van der Waals surface area contributed by atoms with Crippen molar-refractivity contribution >= 4 is 22.9 Å². The van der Waals surface area contributed by atoms with Crippen LogP contribution >= 0.6 is 11.3 Å². The predicted octanol–water partition coefficient (Wildman–Crippen LogP) is 3.73. The maximum Gasteiger partial charge on any atom is 0.237 e. The molecule has 0 aliphatic carbocycles. The number of benzene rings is 1. The summed E-state index contributed by atoms with van der Waals surface area (Å²) in [5.41, 5.74) is 2.93. The maximum absolute atomic E-state index is 13.1. The lowest BCUT2D eigenvalue weighted by atomic mass is 10.2. The normalized spacial score (nSPS) is 16.7. The second-order valence-corrected chi connectivity index (χ2v) is 8.60. The summed E-state index contributed by atoms with van der Waals surface area (Å²) < 4.78 is 13.1.